The van der Waals surface area contributed by atoms with E-state index >= 15 is 0 Å². The summed E-state index contributed by atoms with van der Waals surface area (Å²) in [6.45, 7) is 1.10. The molecule has 0 radical (unpaired) electrons. The van der Waals surface area contributed by atoms with Crippen molar-refractivity contribution >= 4 is 23.5 Å². The highest BCUT2D eigenvalue weighted by Crippen LogP contribution is 2.26. The van der Waals surface area contributed by atoms with Crippen molar-refractivity contribution in [2.45, 2.75) is 19.3 Å². The number of fused-ring (bicyclic) bond motifs is 1. The molecule has 6 heteroatoms. The molecule has 0 spiro atoms. The van der Waals surface area contributed by atoms with Crippen molar-refractivity contribution in [1.82, 2.24) is 4.90 Å². The highest BCUT2D eigenvalue weighted by atomic mass is 16.5. The summed E-state index contributed by atoms with van der Waals surface area (Å²) in [4.78, 5) is 37.2. The smallest absolute Gasteiger partial charge is 0.308 e. The molecular formula is C16H18N2O4. The van der Waals surface area contributed by atoms with Gasteiger partial charge in [-0.2, -0.15) is 0 Å². The zero-order chi connectivity index (χ0) is 15.7. The van der Waals surface area contributed by atoms with E-state index in [1.54, 1.807) is 23.1 Å². The summed E-state index contributed by atoms with van der Waals surface area (Å²) in [5, 5.41) is 2.75. The van der Waals surface area contributed by atoms with Crippen molar-refractivity contribution in [2.24, 2.45) is 5.92 Å². The second kappa shape index (κ2) is 5.79. The zero-order valence-corrected chi connectivity index (χ0v) is 12.4. The van der Waals surface area contributed by atoms with Crippen LogP contribution in [0.3, 0.4) is 0 Å². The summed E-state index contributed by atoms with van der Waals surface area (Å²) in [5.41, 5.74) is 2.23. The molecule has 0 aromatic heterocycles. The summed E-state index contributed by atoms with van der Waals surface area (Å²) in [5.74, 6) is -0.408. The Hall–Kier alpha value is -2.37. The first-order chi connectivity index (χ1) is 10.6. The number of benzene rings is 1. The minimum absolute atomic E-state index is 0.0431. The molecule has 6 nitrogen and oxygen atoms in total. The largest absolute Gasteiger partial charge is 0.469 e. The Labute approximate surface area is 128 Å². The second-order valence-electron chi connectivity index (χ2n) is 5.69. The number of esters is 1. The number of carbonyl (C=O) groups excluding carboxylic acids is 3. The Bertz CT molecular complexity index is 633. The molecular weight excluding hydrogens is 284 g/mol. The molecule has 1 aromatic carbocycles. The van der Waals surface area contributed by atoms with Gasteiger partial charge in [0, 0.05) is 24.3 Å². The predicted molar refractivity (Wildman–Crippen MR) is 79.4 cm³/mol. The molecule has 0 bridgehead atoms. The summed E-state index contributed by atoms with van der Waals surface area (Å²) in [7, 11) is 1.39. The lowest BCUT2D eigenvalue weighted by molar-refractivity contribution is -0.146. The Morgan fingerprint density at radius 2 is 2.00 bits per heavy atom. The predicted octanol–water partition coefficient (Wildman–Crippen LogP) is 1.21. The van der Waals surface area contributed by atoms with E-state index < -0.39 is 0 Å². The Morgan fingerprint density at radius 3 is 2.68 bits per heavy atom. The van der Waals surface area contributed by atoms with Crippen LogP contribution in [-0.4, -0.2) is 42.9 Å². The Kier molecular flexibility index (Phi) is 3.83. The second-order valence-corrected chi connectivity index (χ2v) is 5.69. The van der Waals surface area contributed by atoms with Gasteiger partial charge in [0.25, 0.3) is 5.91 Å². The van der Waals surface area contributed by atoms with Gasteiger partial charge in [0.05, 0.1) is 19.4 Å². The first kappa shape index (κ1) is 14.6. The number of nitrogens with zero attached hydrogens (tertiary/aromatic N) is 1. The van der Waals surface area contributed by atoms with Gasteiger partial charge >= 0.3 is 5.97 Å². The summed E-state index contributed by atoms with van der Waals surface area (Å²) in [6, 6.07) is 5.29. The first-order valence-electron chi connectivity index (χ1n) is 7.38. The van der Waals surface area contributed by atoms with E-state index in [-0.39, 0.29) is 23.7 Å². The summed E-state index contributed by atoms with van der Waals surface area (Å²) >= 11 is 0. The number of carbonyl (C=O) groups is 3. The lowest BCUT2D eigenvalue weighted by Crippen LogP contribution is -2.40. The Balaban J connectivity index is 1.67. The van der Waals surface area contributed by atoms with Crippen LogP contribution in [0.2, 0.25) is 0 Å². The fourth-order valence-corrected chi connectivity index (χ4v) is 3.03. The molecule has 3 rings (SSSR count). The molecule has 2 heterocycles. The van der Waals surface area contributed by atoms with Gasteiger partial charge in [-0.25, -0.2) is 0 Å². The van der Waals surface area contributed by atoms with Crippen LogP contribution in [0.15, 0.2) is 18.2 Å². The fourth-order valence-electron chi connectivity index (χ4n) is 3.03. The minimum atomic E-state index is -0.200. The number of nitrogens with one attached hydrogen (secondary N) is 1. The minimum Gasteiger partial charge on any atom is -0.469 e. The first-order valence-corrected chi connectivity index (χ1v) is 7.38. The zero-order valence-electron chi connectivity index (χ0n) is 12.4. The molecule has 1 aromatic rings. The third-order valence-electron chi connectivity index (χ3n) is 4.29. The van der Waals surface area contributed by atoms with Crippen molar-refractivity contribution in [3.63, 3.8) is 0 Å². The number of hydrogen-bond acceptors (Lipinski definition) is 4. The molecule has 22 heavy (non-hydrogen) atoms. The normalized spacial score (nSPS) is 17.9. The average Bonchev–Trinajstić information content (AvgIpc) is 2.92. The molecule has 2 amide bonds. The number of amides is 2. The number of rotatable bonds is 2. The van der Waals surface area contributed by atoms with E-state index in [0.29, 0.717) is 37.9 Å². The topological polar surface area (TPSA) is 75.7 Å². The highest BCUT2D eigenvalue weighted by molar-refractivity contribution is 6.01. The molecule has 0 aliphatic carbocycles. The van der Waals surface area contributed by atoms with E-state index in [9.17, 15) is 14.4 Å². The van der Waals surface area contributed by atoms with Gasteiger partial charge in [-0.3, -0.25) is 14.4 Å². The lowest BCUT2D eigenvalue weighted by Gasteiger charge is -2.30. The molecule has 0 saturated carbocycles. The standard InChI is InChI=1S/C16H18N2O4/c1-22-16(21)10-4-6-18(7-5-10)15(20)11-2-3-13-12(8-11)9-14(19)17-13/h2-3,8,10H,4-7,9H2,1H3,(H,17,19). The van der Waals surface area contributed by atoms with Gasteiger partial charge in [-0.1, -0.05) is 0 Å². The maximum absolute atomic E-state index is 12.5. The van der Waals surface area contributed by atoms with E-state index in [2.05, 4.69) is 5.32 Å². The molecule has 0 unspecified atom stereocenters. The summed E-state index contributed by atoms with van der Waals surface area (Å²) in [6.07, 6.45) is 1.58. The van der Waals surface area contributed by atoms with E-state index in [4.69, 9.17) is 4.74 Å². The Morgan fingerprint density at radius 1 is 1.27 bits per heavy atom. The molecule has 1 N–H and O–H groups in total. The van der Waals surface area contributed by atoms with Gasteiger partial charge in [0.1, 0.15) is 0 Å². The maximum Gasteiger partial charge on any atom is 0.308 e. The maximum atomic E-state index is 12.5. The molecule has 2 aliphatic heterocycles. The third kappa shape index (κ3) is 2.68. The number of methoxy groups -OCH3 is 1. The SMILES string of the molecule is COC(=O)C1CCN(C(=O)c2ccc3c(c2)CC(=O)N3)CC1. The van der Waals surface area contributed by atoms with Gasteiger partial charge in [-0.15, -0.1) is 0 Å². The van der Waals surface area contributed by atoms with Gasteiger partial charge in [0.15, 0.2) is 0 Å². The monoisotopic (exact) mass is 302 g/mol. The quantitative estimate of drug-likeness (QED) is 0.833. The van der Waals surface area contributed by atoms with Crippen LogP contribution in [0.4, 0.5) is 5.69 Å². The lowest BCUT2D eigenvalue weighted by atomic mass is 9.96. The number of anilines is 1. The van der Waals surface area contributed by atoms with Gasteiger partial charge in [-0.05, 0) is 36.6 Å². The van der Waals surface area contributed by atoms with Crippen LogP contribution in [0.5, 0.6) is 0 Å². The fraction of sp³-hybridized carbons (Fsp3) is 0.438. The van der Waals surface area contributed by atoms with Gasteiger partial charge < -0.3 is 15.0 Å². The number of ether oxygens (including phenoxy) is 1. The van der Waals surface area contributed by atoms with Crippen molar-refractivity contribution < 1.29 is 19.1 Å². The molecule has 116 valence electrons. The number of hydrogen-bond donors (Lipinski definition) is 1. The van der Waals surface area contributed by atoms with Gasteiger partial charge in [0.2, 0.25) is 5.91 Å². The van der Waals surface area contributed by atoms with E-state index in [0.717, 1.165) is 11.3 Å². The van der Waals surface area contributed by atoms with Crippen LogP contribution in [0, 0.1) is 5.92 Å². The van der Waals surface area contributed by atoms with E-state index in [1.165, 1.54) is 7.11 Å². The number of likely N-dealkylation sites (tertiary alicyclic amines) is 1. The van der Waals surface area contributed by atoms with Crippen molar-refractivity contribution in [3.05, 3.63) is 29.3 Å². The van der Waals surface area contributed by atoms with E-state index in [1.807, 2.05) is 0 Å². The van der Waals surface area contributed by atoms with Crippen LogP contribution in [-0.2, 0) is 20.7 Å². The van der Waals surface area contributed by atoms with Crippen LogP contribution in [0.1, 0.15) is 28.8 Å². The molecule has 1 fully saturated rings. The average molecular weight is 302 g/mol. The van der Waals surface area contributed by atoms with Crippen LogP contribution < -0.4 is 5.32 Å². The van der Waals surface area contributed by atoms with Crippen LogP contribution >= 0.6 is 0 Å². The van der Waals surface area contributed by atoms with Crippen LogP contribution in [0.25, 0.3) is 0 Å². The molecule has 2 aliphatic rings. The third-order valence-corrected chi connectivity index (χ3v) is 4.29. The molecule has 1 saturated heterocycles. The molecule has 0 atom stereocenters. The summed E-state index contributed by atoms with van der Waals surface area (Å²) < 4.78 is 4.75. The number of piperidine rings is 1. The van der Waals surface area contributed by atoms with Crippen molar-refractivity contribution in [2.75, 3.05) is 25.5 Å². The van der Waals surface area contributed by atoms with Crippen molar-refractivity contribution in [1.29, 1.82) is 0 Å². The highest BCUT2D eigenvalue weighted by Gasteiger charge is 2.29. The van der Waals surface area contributed by atoms with Crippen molar-refractivity contribution in [3.8, 4) is 0 Å².